The summed E-state index contributed by atoms with van der Waals surface area (Å²) in [6.07, 6.45) is -6.31. The molecule has 1 fully saturated rings. The molecule has 8 heteroatoms. The Morgan fingerprint density at radius 2 is 1.12 bits per heavy atom. The molecular weight excluding hydrogens is 443 g/mol. The van der Waals surface area contributed by atoms with Gasteiger partial charge in [0.1, 0.15) is 12.7 Å². The maximum Gasteiger partial charge on any atom is 0.340 e. The second-order valence-electron chi connectivity index (χ2n) is 7.46. The van der Waals surface area contributed by atoms with Crippen molar-refractivity contribution >= 4 is 17.9 Å². The van der Waals surface area contributed by atoms with E-state index in [0.717, 1.165) is 0 Å². The van der Waals surface area contributed by atoms with Crippen molar-refractivity contribution in [2.45, 2.75) is 24.7 Å². The molecule has 0 radical (unpaired) electrons. The van der Waals surface area contributed by atoms with Crippen LogP contribution < -0.4 is 0 Å². The van der Waals surface area contributed by atoms with Crippen LogP contribution in [0, 0.1) is 0 Å². The topological polar surface area (TPSA) is 88.1 Å². The van der Waals surface area contributed by atoms with Crippen molar-refractivity contribution in [3.63, 3.8) is 0 Å². The molecule has 0 unspecified atom stereocenters. The Morgan fingerprint density at radius 1 is 0.676 bits per heavy atom. The normalized spacial score (nSPS) is 21.4. The van der Waals surface area contributed by atoms with E-state index in [1.807, 2.05) is 0 Å². The second-order valence-corrected chi connectivity index (χ2v) is 7.46. The van der Waals surface area contributed by atoms with Crippen LogP contribution in [0.2, 0.25) is 0 Å². The van der Waals surface area contributed by atoms with Gasteiger partial charge in [-0.2, -0.15) is 0 Å². The van der Waals surface area contributed by atoms with Crippen molar-refractivity contribution in [2.75, 3.05) is 6.61 Å². The molecule has 0 spiro atoms. The molecule has 1 aliphatic heterocycles. The number of alkyl halides is 1. The van der Waals surface area contributed by atoms with E-state index in [1.165, 1.54) is 24.3 Å². The lowest BCUT2D eigenvalue weighted by Crippen LogP contribution is -2.37. The van der Waals surface area contributed by atoms with Crippen molar-refractivity contribution in [1.82, 2.24) is 0 Å². The number of rotatable bonds is 7. The minimum Gasteiger partial charge on any atom is -0.459 e. The molecule has 1 aliphatic rings. The number of hydrogen-bond acceptors (Lipinski definition) is 7. The van der Waals surface area contributed by atoms with E-state index in [-0.39, 0.29) is 11.1 Å². The summed E-state index contributed by atoms with van der Waals surface area (Å²) < 4.78 is 36.6. The maximum absolute atomic E-state index is 15.3. The molecule has 0 saturated carbocycles. The van der Waals surface area contributed by atoms with Crippen molar-refractivity contribution in [3.05, 3.63) is 108 Å². The zero-order valence-corrected chi connectivity index (χ0v) is 17.9. The van der Waals surface area contributed by atoms with Gasteiger partial charge in [-0.15, -0.1) is 0 Å². The van der Waals surface area contributed by atoms with Gasteiger partial charge in [0.15, 0.2) is 6.10 Å². The van der Waals surface area contributed by atoms with Crippen molar-refractivity contribution in [3.8, 4) is 0 Å². The summed E-state index contributed by atoms with van der Waals surface area (Å²) in [6.45, 7) is -0.416. The van der Waals surface area contributed by atoms with Crippen LogP contribution in [0.5, 0.6) is 0 Å². The molecule has 1 saturated heterocycles. The standard InChI is InChI=1S/C26H21FO7/c27-21-22(33-24(29)18-12-6-2-7-13-18)20(16-31-23(28)17-10-4-1-5-11-17)32-26(21)34-25(30)19-14-8-3-9-15-19/h1-15,20-22,26H,16H2/t20-,21+,22-,26+/m0/s1. The largest absolute Gasteiger partial charge is 0.459 e. The summed E-state index contributed by atoms with van der Waals surface area (Å²) in [7, 11) is 0. The van der Waals surface area contributed by atoms with Gasteiger partial charge in [0, 0.05) is 0 Å². The Kier molecular flexibility index (Phi) is 7.29. The second kappa shape index (κ2) is 10.7. The van der Waals surface area contributed by atoms with Crippen LogP contribution in [0.3, 0.4) is 0 Å². The Labute approximate surface area is 195 Å². The van der Waals surface area contributed by atoms with Crippen LogP contribution in [-0.2, 0) is 18.9 Å². The summed E-state index contributed by atoms with van der Waals surface area (Å²) in [5.41, 5.74) is 0.705. The van der Waals surface area contributed by atoms with E-state index in [9.17, 15) is 14.4 Å². The molecule has 3 aromatic rings. The summed E-state index contributed by atoms with van der Waals surface area (Å²) in [4.78, 5) is 37.2. The molecule has 7 nitrogen and oxygen atoms in total. The van der Waals surface area contributed by atoms with E-state index in [0.29, 0.717) is 5.56 Å². The van der Waals surface area contributed by atoms with Crippen molar-refractivity contribution in [2.24, 2.45) is 0 Å². The van der Waals surface area contributed by atoms with E-state index in [1.54, 1.807) is 66.7 Å². The highest BCUT2D eigenvalue weighted by molar-refractivity contribution is 5.90. The lowest BCUT2D eigenvalue weighted by Gasteiger charge is -2.19. The zero-order chi connectivity index (χ0) is 23.9. The number of hydrogen-bond donors (Lipinski definition) is 0. The van der Waals surface area contributed by atoms with E-state index in [4.69, 9.17) is 18.9 Å². The average molecular weight is 464 g/mol. The Balaban J connectivity index is 1.47. The van der Waals surface area contributed by atoms with Crippen LogP contribution in [0.15, 0.2) is 91.0 Å². The highest BCUT2D eigenvalue weighted by Gasteiger charge is 2.50. The predicted molar refractivity (Wildman–Crippen MR) is 118 cm³/mol. The molecule has 0 bridgehead atoms. The van der Waals surface area contributed by atoms with Gasteiger partial charge in [0.05, 0.1) is 16.7 Å². The van der Waals surface area contributed by atoms with Crippen molar-refractivity contribution < 1.29 is 37.7 Å². The zero-order valence-electron chi connectivity index (χ0n) is 17.9. The van der Waals surface area contributed by atoms with Crippen LogP contribution in [0.25, 0.3) is 0 Å². The maximum atomic E-state index is 15.3. The molecule has 0 N–H and O–H groups in total. The summed E-state index contributed by atoms with van der Waals surface area (Å²) >= 11 is 0. The molecule has 0 amide bonds. The minimum absolute atomic E-state index is 0.204. The van der Waals surface area contributed by atoms with Crippen LogP contribution in [0.1, 0.15) is 31.1 Å². The lowest BCUT2D eigenvalue weighted by atomic mass is 10.1. The van der Waals surface area contributed by atoms with Gasteiger partial charge >= 0.3 is 17.9 Å². The smallest absolute Gasteiger partial charge is 0.340 e. The Bertz CT molecular complexity index is 1120. The van der Waals surface area contributed by atoms with E-state index < -0.39 is 49.2 Å². The fraction of sp³-hybridized carbons (Fsp3) is 0.192. The quantitative estimate of drug-likeness (QED) is 0.386. The highest BCUT2D eigenvalue weighted by atomic mass is 19.1. The fourth-order valence-electron chi connectivity index (χ4n) is 3.38. The third-order valence-electron chi connectivity index (χ3n) is 5.12. The minimum atomic E-state index is -2.00. The number of benzene rings is 3. The molecule has 4 rings (SSSR count). The number of halogens is 1. The molecule has 4 atom stereocenters. The SMILES string of the molecule is O=C(OC[C@@H]1O[C@H](OC(=O)c2ccccc2)[C@H](F)[C@H]1OC(=O)c1ccccc1)c1ccccc1. The van der Waals surface area contributed by atoms with Crippen LogP contribution in [-0.4, -0.2) is 49.2 Å². The molecule has 34 heavy (non-hydrogen) atoms. The van der Waals surface area contributed by atoms with Gasteiger partial charge in [0.2, 0.25) is 12.5 Å². The van der Waals surface area contributed by atoms with Gasteiger partial charge in [-0.3, -0.25) is 0 Å². The monoisotopic (exact) mass is 464 g/mol. The number of esters is 3. The fourth-order valence-corrected chi connectivity index (χ4v) is 3.38. The summed E-state index contributed by atoms with van der Waals surface area (Å²) in [5.74, 6) is -2.24. The molecule has 0 aliphatic carbocycles. The van der Waals surface area contributed by atoms with E-state index >= 15 is 4.39 Å². The third-order valence-corrected chi connectivity index (χ3v) is 5.12. The van der Waals surface area contributed by atoms with Crippen LogP contribution in [0.4, 0.5) is 4.39 Å². The van der Waals surface area contributed by atoms with Gasteiger partial charge < -0.3 is 18.9 Å². The van der Waals surface area contributed by atoms with Gasteiger partial charge in [-0.1, -0.05) is 54.6 Å². The Morgan fingerprint density at radius 3 is 1.62 bits per heavy atom. The molecule has 0 aromatic heterocycles. The highest BCUT2D eigenvalue weighted by Crippen LogP contribution is 2.29. The van der Waals surface area contributed by atoms with Crippen molar-refractivity contribution in [1.29, 1.82) is 0 Å². The van der Waals surface area contributed by atoms with Gasteiger partial charge in [0.25, 0.3) is 0 Å². The molecule has 1 heterocycles. The number of carbonyl (C=O) groups excluding carboxylic acids is 3. The average Bonchev–Trinajstić information content (AvgIpc) is 3.17. The molecular formula is C26H21FO7. The Hall–Kier alpha value is -4.04. The third kappa shape index (κ3) is 5.47. The number of ether oxygens (including phenoxy) is 4. The first-order valence-corrected chi connectivity index (χ1v) is 10.6. The number of carbonyl (C=O) groups is 3. The van der Waals surface area contributed by atoms with Crippen LogP contribution >= 0.6 is 0 Å². The first-order valence-electron chi connectivity index (χ1n) is 10.6. The van der Waals surface area contributed by atoms with Gasteiger partial charge in [-0.25, -0.2) is 18.8 Å². The first-order chi connectivity index (χ1) is 16.5. The predicted octanol–water partition coefficient (Wildman–Crippen LogP) is 3.99. The lowest BCUT2D eigenvalue weighted by molar-refractivity contribution is -0.129. The molecule has 174 valence electrons. The first kappa shape index (κ1) is 23.1. The summed E-state index contributed by atoms with van der Waals surface area (Å²) in [6, 6.07) is 24.2. The molecule has 3 aromatic carbocycles. The summed E-state index contributed by atoms with van der Waals surface area (Å²) in [5, 5.41) is 0. The van der Waals surface area contributed by atoms with Gasteiger partial charge in [-0.05, 0) is 36.4 Å². The van der Waals surface area contributed by atoms with E-state index in [2.05, 4.69) is 0 Å².